The molecule has 0 fully saturated rings. The summed E-state index contributed by atoms with van der Waals surface area (Å²) in [7, 11) is 0. The summed E-state index contributed by atoms with van der Waals surface area (Å²) in [6, 6.07) is 6.84. The standard InChI is InChI=1S/C16H21N/c1-4-5-6-7-14-8-9-15-12(2)11-17-13(3)16(15)10-14/h8-11H,4-7H2,1-3H3. The number of aryl methyl sites for hydroxylation is 3. The van der Waals surface area contributed by atoms with Gasteiger partial charge in [-0.15, -0.1) is 0 Å². The fraction of sp³-hybridized carbons (Fsp3) is 0.438. The van der Waals surface area contributed by atoms with E-state index < -0.39 is 0 Å². The third-order valence-electron chi connectivity index (χ3n) is 3.42. The zero-order valence-corrected chi connectivity index (χ0v) is 11.1. The highest BCUT2D eigenvalue weighted by Gasteiger charge is 2.03. The molecule has 2 aromatic rings. The van der Waals surface area contributed by atoms with Crippen LogP contribution in [-0.2, 0) is 6.42 Å². The topological polar surface area (TPSA) is 12.9 Å². The predicted molar refractivity (Wildman–Crippen MR) is 74.4 cm³/mol. The minimum Gasteiger partial charge on any atom is -0.261 e. The number of nitrogens with zero attached hydrogens (tertiary/aromatic N) is 1. The zero-order valence-electron chi connectivity index (χ0n) is 11.1. The summed E-state index contributed by atoms with van der Waals surface area (Å²) in [5.41, 5.74) is 3.86. The van der Waals surface area contributed by atoms with Crippen LogP contribution in [0.3, 0.4) is 0 Å². The van der Waals surface area contributed by atoms with Crippen LogP contribution in [0.5, 0.6) is 0 Å². The second kappa shape index (κ2) is 5.31. The first-order valence-electron chi connectivity index (χ1n) is 6.57. The molecule has 0 bridgehead atoms. The Balaban J connectivity index is 2.33. The van der Waals surface area contributed by atoms with Gasteiger partial charge in [-0.25, -0.2) is 0 Å². The number of hydrogen-bond acceptors (Lipinski definition) is 1. The van der Waals surface area contributed by atoms with Gasteiger partial charge in [0, 0.05) is 17.3 Å². The molecule has 1 heterocycles. The van der Waals surface area contributed by atoms with E-state index in [0.29, 0.717) is 0 Å². The van der Waals surface area contributed by atoms with Crippen molar-refractivity contribution >= 4 is 10.8 Å². The van der Waals surface area contributed by atoms with E-state index in [1.54, 1.807) is 0 Å². The minimum absolute atomic E-state index is 1.14. The average Bonchev–Trinajstić information content (AvgIpc) is 2.34. The van der Waals surface area contributed by atoms with Crippen LogP contribution < -0.4 is 0 Å². The zero-order chi connectivity index (χ0) is 12.3. The van der Waals surface area contributed by atoms with E-state index in [1.807, 2.05) is 6.20 Å². The minimum atomic E-state index is 1.14. The van der Waals surface area contributed by atoms with E-state index in [-0.39, 0.29) is 0 Å². The van der Waals surface area contributed by atoms with Crippen molar-refractivity contribution < 1.29 is 0 Å². The fourth-order valence-electron chi connectivity index (χ4n) is 2.30. The van der Waals surface area contributed by atoms with Gasteiger partial charge in [0.15, 0.2) is 0 Å². The molecule has 0 radical (unpaired) electrons. The first-order valence-corrected chi connectivity index (χ1v) is 6.57. The van der Waals surface area contributed by atoms with Gasteiger partial charge in [-0.05, 0) is 49.3 Å². The summed E-state index contributed by atoms with van der Waals surface area (Å²) >= 11 is 0. The molecule has 0 spiro atoms. The number of benzene rings is 1. The van der Waals surface area contributed by atoms with Crippen molar-refractivity contribution in [3.05, 3.63) is 41.2 Å². The molecule has 0 saturated carbocycles. The van der Waals surface area contributed by atoms with E-state index in [4.69, 9.17) is 0 Å². The van der Waals surface area contributed by atoms with E-state index in [9.17, 15) is 0 Å². The number of unbranched alkanes of at least 4 members (excludes halogenated alkanes) is 2. The molecule has 1 aromatic heterocycles. The molecule has 0 amide bonds. The van der Waals surface area contributed by atoms with Crippen LogP contribution in [0, 0.1) is 13.8 Å². The first-order chi connectivity index (χ1) is 8.22. The van der Waals surface area contributed by atoms with Crippen molar-refractivity contribution in [3.8, 4) is 0 Å². The summed E-state index contributed by atoms with van der Waals surface area (Å²) in [4.78, 5) is 4.44. The Labute approximate surface area is 104 Å². The van der Waals surface area contributed by atoms with Crippen LogP contribution in [0.25, 0.3) is 10.8 Å². The maximum Gasteiger partial charge on any atom is 0.0451 e. The lowest BCUT2D eigenvalue weighted by Gasteiger charge is -2.07. The highest BCUT2D eigenvalue weighted by molar-refractivity contribution is 5.87. The van der Waals surface area contributed by atoms with Crippen LogP contribution >= 0.6 is 0 Å². The van der Waals surface area contributed by atoms with Crippen molar-refractivity contribution in [3.63, 3.8) is 0 Å². The molecular formula is C16H21N. The van der Waals surface area contributed by atoms with Crippen molar-refractivity contribution in [1.82, 2.24) is 4.98 Å². The van der Waals surface area contributed by atoms with Gasteiger partial charge >= 0.3 is 0 Å². The van der Waals surface area contributed by atoms with E-state index in [1.165, 1.54) is 47.6 Å². The number of rotatable bonds is 4. The van der Waals surface area contributed by atoms with Gasteiger partial charge in [-0.3, -0.25) is 4.98 Å². The third kappa shape index (κ3) is 2.66. The molecule has 0 aliphatic rings. The fourth-order valence-corrected chi connectivity index (χ4v) is 2.30. The molecule has 0 unspecified atom stereocenters. The van der Waals surface area contributed by atoms with Crippen LogP contribution in [0.1, 0.15) is 43.0 Å². The van der Waals surface area contributed by atoms with E-state index in [2.05, 4.69) is 44.0 Å². The summed E-state index contributed by atoms with van der Waals surface area (Å²) < 4.78 is 0. The Kier molecular flexibility index (Phi) is 3.78. The second-order valence-corrected chi connectivity index (χ2v) is 4.86. The van der Waals surface area contributed by atoms with Gasteiger partial charge < -0.3 is 0 Å². The van der Waals surface area contributed by atoms with Gasteiger partial charge in [-0.2, -0.15) is 0 Å². The smallest absolute Gasteiger partial charge is 0.0451 e. The third-order valence-corrected chi connectivity index (χ3v) is 3.42. The Morgan fingerprint density at radius 3 is 2.65 bits per heavy atom. The summed E-state index contributed by atoms with van der Waals surface area (Å²) in [6.45, 7) is 6.47. The highest BCUT2D eigenvalue weighted by Crippen LogP contribution is 2.22. The monoisotopic (exact) mass is 227 g/mol. The quantitative estimate of drug-likeness (QED) is 0.696. The van der Waals surface area contributed by atoms with Gasteiger partial charge in [0.05, 0.1) is 0 Å². The molecule has 90 valence electrons. The largest absolute Gasteiger partial charge is 0.261 e. The Morgan fingerprint density at radius 1 is 1.06 bits per heavy atom. The van der Waals surface area contributed by atoms with Gasteiger partial charge in [0.25, 0.3) is 0 Å². The van der Waals surface area contributed by atoms with Crippen LogP contribution in [0.2, 0.25) is 0 Å². The van der Waals surface area contributed by atoms with Gasteiger partial charge in [0.2, 0.25) is 0 Å². The average molecular weight is 227 g/mol. The van der Waals surface area contributed by atoms with Gasteiger partial charge in [-0.1, -0.05) is 31.9 Å². The molecule has 2 rings (SSSR count). The Bertz CT molecular complexity index is 514. The molecule has 0 aliphatic carbocycles. The van der Waals surface area contributed by atoms with Crippen molar-refractivity contribution in [1.29, 1.82) is 0 Å². The lowest BCUT2D eigenvalue weighted by Crippen LogP contribution is -1.91. The molecule has 0 aliphatic heterocycles. The lowest BCUT2D eigenvalue weighted by atomic mass is 10.0. The molecule has 0 N–H and O–H groups in total. The molecule has 0 saturated heterocycles. The SMILES string of the molecule is CCCCCc1ccc2c(C)cnc(C)c2c1. The molecule has 17 heavy (non-hydrogen) atoms. The molecule has 1 nitrogen and oxygen atoms in total. The number of aromatic nitrogens is 1. The van der Waals surface area contributed by atoms with Crippen LogP contribution in [0.4, 0.5) is 0 Å². The number of pyridine rings is 1. The van der Waals surface area contributed by atoms with Crippen molar-refractivity contribution in [2.24, 2.45) is 0 Å². The normalized spacial score (nSPS) is 11.0. The number of hydrogen-bond donors (Lipinski definition) is 0. The molecular weight excluding hydrogens is 206 g/mol. The molecule has 1 aromatic carbocycles. The molecule has 0 atom stereocenters. The summed E-state index contributed by atoms with van der Waals surface area (Å²) in [5.74, 6) is 0. The maximum absolute atomic E-state index is 4.44. The Morgan fingerprint density at radius 2 is 1.88 bits per heavy atom. The highest BCUT2D eigenvalue weighted by atomic mass is 14.7. The Hall–Kier alpha value is -1.37. The maximum atomic E-state index is 4.44. The molecule has 1 heteroatoms. The second-order valence-electron chi connectivity index (χ2n) is 4.86. The van der Waals surface area contributed by atoms with Gasteiger partial charge in [0.1, 0.15) is 0 Å². The number of fused-ring (bicyclic) bond motifs is 1. The van der Waals surface area contributed by atoms with E-state index >= 15 is 0 Å². The van der Waals surface area contributed by atoms with Crippen molar-refractivity contribution in [2.75, 3.05) is 0 Å². The predicted octanol–water partition coefficient (Wildman–Crippen LogP) is 4.58. The lowest BCUT2D eigenvalue weighted by molar-refractivity contribution is 0.718. The first kappa shape index (κ1) is 12.1. The van der Waals surface area contributed by atoms with Crippen LogP contribution in [0.15, 0.2) is 24.4 Å². The summed E-state index contributed by atoms with van der Waals surface area (Å²) in [5, 5.41) is 2.66. The van der Waals surface area contributed by atoms with E-state index in [0.717, 1.165) is 5.69 Å². The summed E-state index contributed by atoms with van der Waals surface area (Å²) in [6.07, 6.45) is 7.06. The van der Waals surface area contributed by atoms with Crippen molar-refractivity contribution in [2.45, 2.75) is 46.5 Å². The van der Waals surface area contributed by atoms with Crippen LogP contribution in [-0.4, -0.2) is 4.98 Å².